The number of amides is 3. The van der Waals surface area contributed by atoms with Gasteiger partial charge in [0, 0.05) is 13.5 Å². The van der Waals surface area contributed by atoms with Crippen molar-refractivity contribution in [1.29, 1.82) is 0 Å². The molecule has 8 nitrogen and oxygen atoms in total. The lowest BCUT2D eigenvalue weighted by atomic mass is 10.0. The third-order valence-corrected chi connectivity index (χ3v) is 3.17. The highest BCUT2D eigenvalue weighted by atomic mass is 16.5. The van der Waals surface area contributed by atoms with Gasteiger partial charge in [-0.25, -0.2) is 4.79 Å². The molecule has 0 saturated carbocycles. The summed E-state index contributed by atoms with van der Waals surface area (Å²) in [5.41, 5.74) is -1.05. The second-order valence-corrected chi connectivity index (χ2v) is 5.79. The largest absolute Gasteiger partial charge is 0.382 e. The van der Waals surface area contributed by atoms with Crippen LogP contribution in [0.3, 0.4) is 0 Å². The normalized spacial score (nSPS) is 22.2. The zero-order valence-electron chi connectivity index (χ0n) is 12.7. The Hall–Kier alpha value is -1.96. The first-order valence-electron chi connectivity index (χ1n) is 6.80. The summed E-state index contributed by atoms with van der Waals surface area (Å²) in [6, 6.07) is -0.477. The van der Waals surface area contributed by atoms with Gasteiger partial charge in [-0.15, -0.1) is 0 Å². The van der Waals surface area contributed by atoms with Crippen LogP contribution in [0.4, 0.5) is 4.79 Å². The van der Waals surface area contributed by atoms with Crippen LogP contribution in [0.5, 0.6) is 0 Å². The van der Waals surface area contributed by atoms with Crippen molar-refractivity contribution in [1.82, 2.24) is 20.4 Å². The number of hydrogen-bond donors (Lipinski definition) is 1. The van der Waals surface area contributed by atoms with Crippen molar-refractivity contribution in [3.63, 3.8) is 0 Å². The Kier molecular flexibility index (Phi) is 4.26. The summed E-state index contributed by atoms with van der Waals surface area (Å²) >= 11 is 0. The Morgan fingerprint density at radius 3 is 2.76 bits per heavy atom. The van der Waals surface area contributed by atoms with Gasteiger partial charge < -0.3 is 14.6 Å². The molecule has 1 atom stereocenters. The van der Waals surface area contributed by atoms with Crippen LogP contribution < -0.4 is 5.32 Å². The number of nitrogens with one attached hydrogen (secondary N) is 1. The number of methoxy groups -OCH3 is 1. The fourth-order valence-corrected chi connectivity index (χ4v) is 2.21. The maximum atomic E-state index is 12.3. The van der Waals surface area contributed by atoms with Gasteiger partial charge in [-0.05, 0) is 12.8 Å². The van der Waals surface area contributed by atoms with Crippen LogP contribution >= 0.6 is 0 Å². The van der Waals surface area contributed by atoms with Gasteiger partial charge in [0.05, 0.1) is 13.2 Å². The van der Waals surface area contributed by atoms with E-state index in [2.05, 4.69) is 15.5 Å². The zero-order chi connectivity index (χ0) is 15.6. The standard InChI is InChI=1S/C13H20N4O4/c1-8(2)5-10-14-9(16-21-10)6-17-11(18)13(3,7-20-4)15-12(17)19/h8H,5-7H2,1-4H3,(H,15,19). The molecule has 21 heavy (non-hydrogen) atoms. The van der Waals surface area contributed by atoms with Gasteiger partial charge in [0.15, 0.2) is 5.82 Å². The van der Waals surface area contributed by atoms with E-state index < -0.39 is 11.6 Å². The Balaban J connectivity index is 2.07. The molecule has 1 N–H and O–H groups in total. The molecule has 1 aliphatic heterocycles. The fraction of sp³-hybridized carbons (Fsp3) is 0.692. The Bertz CT molecular complexity index is 542. The van der Waals surface area contributed by atoms with Crippen LogP contribution in [0.15, 0.2) is 4.52 Å². The van der Waals surface area contributed by atoms with E-state index in [1.807, 2.05) is 13.8 Å². The predicted octanol–water partition coefficient (Wildman–Crippen LogP) is 0.725. The molecule has 1 aliphatic rings. The van der Waals surface area contributed by atoms with E-state index in [9.17, 15) is 9.59 Å². The summed E-state index contributed by atoms with van der Waals surface area (Å²) < 4.78 is 10.1. The van der Waals surface area contributed by atoms with E-state index in [1.165, 1.54) is 7.11 Å². The fourth-order valence-electron chi connectivity index (χ4n) is 2.21. The lowest BCUT2D eigenvalue weighted by molar-refractivity contribution is -0.132. The number of hydrogen-bond acceptors (Lipinski definition) is 6. The summed E-state index contributed by atoms with van der Waals surface area (Å²) in [6.07, 6.45) is 0.661. The molecule has 1 saturated heterocycles. The van der Waals surface area contributed by atoms with Crippen molar-refractivity contribution in [2.45, 2.75) is 39.3 Å². The second kappa shape index (κ2) is 5.80. The highest BCUT2D eigenvalue weighted by Crippen LogP contribution is 2.19. The smallest absolute Gasteiger partial charge is 0.325 e. The van der Waals surface area contributed by atoms with Gasteiger partial charge in [-0.1, -0.05) is 19.0 Å². The van der Waals surface area contributed by atoms with Crippen molar-refractivity contribution in [2.75, 3.05) is 13.7 Å². The molecule has 0 spiro atoms. The first kappa shape index (κ1) is 15.4. The molecule has 2 heterocycles. The Morgan fingerprint density at radius 1 is 1.43 bits per heavy atom. The summed E-state index contributed by atoms with van der Waals surface area (Å²) in [4.78, 5) is 29.5. The van der Waals surface area contributed by atoms with Crippen LogP contribution in [0, 0.1) is 5.92 Å². The minimum absolute atomic E-state index is 0.00837. The average molecular weight is 296 g/mol. The molecule has 1 unspecified atom stereocenters. The summed E-state index contributed by atoms with van der Waals surface area (Å²) in [7, 11) is 1.48. The lowest BCUT2D eigenvalue weighted by Crippen LogP contribution is -2.47. The lowest BCUT2D eigenvalue weighted by Gasteiger charge is -2.19. The second-order valence-electron chi connectivity index (χ2n) is 5.79. The molecular weight excluding hydrogens is 276 g/mol. The molecule has 8 heteroatoms. The molecular formula is C13H20N4O4. The minimum Gasteiger partial charge on any atom is -0.382 e. The topological polar surface area (TPSA) is 97.6 Å². The summed E-state index contributed by atoms with van der Waals surface area (Å²) in [6.45, 7) is 5.80. The number of rotatable bonds is 6. The number of carbonyl (C=O) groups is 2. The van der Waals surface area contributed by atoms with Crippen molar-refractivity contribution in [3.8, 4) is 0 Å². The molecule has 0 bridgehead atoms. The predicted molar refractivity (Wildman–Crippen MR) is 72.2 cm³/mol. The van der Waals surface area contributed by atoms with Crippen molar-refractivity contribution in [2.24, 2.45) is 5.92 Å². The van der Waals surface area contributed by atoms with E-state index in [-0.39, 0.29) is 19.1 Å². The van der Waals surface area contributed by atoms with Crippen LogP contribution in [0.1, 0.15) is 32.5 Å². The van der Waals surface area contributed by atoms with E-state index in [0.717, 1.165) is 4.90 Å². The number of ether oxygens (including phenoxy) is 1. The molecule has 0 aromatic carbocycles. The maximum Gasteiger partial charge on any atom is 0.325 e. The van der Waals surface area contributed by atoms with E-state index in [1.54, 1.807) is 6.92 Å². The van der Waals surface area contributed by atoms with Crippen molar-refractivity contribution in [3.05, 3.63) is 11.7 Å². The SMILES string of the molecule is COCC1(C)NC(=O)N(Cc2noc(CC(C)C)n2)C1=O. The summed E-state index contributed by atoms with van der Waals surface area (Å²) in [5, 5.41) is 6.42. The van der Waals surface area contributed by atoms with Crippen molar-refractivity contribution >= 4 is 11.9 Å². The van der Waals surface area contributed by atoms with Gasteiger partial charge in [0.25, 0.3) is 5.91 Å². The van der Waals surface area contributed by atoms with E-state index in [4.69, 9.17) is 9.26 Å². The molecule has 116 valence electrons. The quantitative estimate of drug-likeness (QED) is 0.777. The molecule has 0 radical (unpaired) electrons. The van der Waals surface area contributed by atoms with Crippen LogP contribution in [-0.2, 0) is 22.5 Å². The molecule has 3 amide bonds. The van der Waals surface area contributed by atoms with E-state index >= 15 is 0 Å². The molecule has 1 aromatic rings. The maximum absolute atomic E-state index is 12.3. The van der Waals surface area contributed by atoms with E-state index in [0.29, 0.717) is 24.1 Å². The van der Waals surface area contributed by atoms with Crippen molar-refractivity contribution < 1.29 is 18.8 Å². The molecule has 0 aliphatic carbocycles. The molecule has 1 aromatic heterocycles. The van der Waals surface area contributed by atoms with Crippen LogP contribution in [0.25, 0.3) is 0 Å². The van der Waals surface area contributed by atoms with Crippen LogP contribution in [0.2, 0.25) is 0 Å². The number of carbonyl (C=O) groups excluding carboxylic acids is 2. The third-order valence-electron chi connectivity index (χ3n) is 3.17. The zero-order valence-corrected chi connectivity index (χ0v) is 12.7. The summed E-state index contributed by atoms with van der Waals surface area (Å²) in [5.74, 6) is 0.854. The highest BCUT2D eigenvalue weighted by molar-refractivity contribution is 6.06. The molecule has 1 fully saturated rings. The van der Waals surface area contributed by atoms with Gasteiger partial charge in [0.1, 0.15) is 5.54 Å². The average Bonchev–Trinajstić information content (AvgIpc) is 2.88. The number of urea groups is 1. The number of aromatic nitrogens is 2. The van der Waals surface area contributed by atoms with Gasteiger partial charge in [0.2, 0.25) is 5.89 Å². The van der Waals surface area contributed by atoms with Gasteiger partial charge >= 0.3 is 6.03 Å². The highest BCUT2D eigenvalue weighted by Gasteiger charge is 2.48. The monoisotopic (exact) mass is 296 g/mol. The third kappa shape index (κ3) is 3.21. The first-order chi connectivity index (χ1) is 9.85. The Morgan fingerprint density at radius 2 is 2.14 bits per heavy atom. The Labute approximate surface area is 122 Å². The minimum atomic E-state index is -1.05. The van der Waals surface area contributed by atoms with Gasteiger partial charge in [-0.2, -0.15) is 4.98 Å². The number of imide groups is 1. The number of nitrogens with zero attached hydrogens (tertiary/aromatic N) is 3. The van der Waals surface area contributed by atoms with Gasteiger partial charge in [-0.3, -0.25) is 9.69 Å². The molecule has 2 rings (SSSR count). The van der Waals surface area contributed by atoms with Crippen LogP contribution in [-0.4, -0.2) is 46.2 Å². The first-order valence-corrected chi connectivity index (χ1v) is 6.80.